The number of hydrogen-bond acceptors (Lipinski definition) is 2. The van der Waals surface area contributed by atoms with Gasteiger partial charge in [-0.15, -0.1) is 0 Å². The van der Waals surface area contributed by atoms with Crippen molar-refractivity contribution in [1.29, 1.82) is 0 Å². The molecule has 0 aromatic rings. The highest BCUT2D eigenvalue weighted by atomic mass is 79.9. The molecule has 0 fully saturated rings. The number of hydrogen-bond donors (Lipinski definition) is 0. The number of rotatable bonds is 0. The maximum Gasteiger partial charge on any atom is 0.198 e. The molecule has 0 saturated heterocycles. The average Bonchev–Trinajstić information content (AvgIpc) is 2.82. The average molecular weight is 330 g/mol. The van der Waals surface area contributed by atoms with Crippen molar-refractivity contribution in [3.63, 3.8) is 0 Å². The first-order valence-electron chi connectivity index (χ1n) is 4.68. The van der Waals surface area contributed by atoms with Crippen molar-refractivity contribution >= 4 is 43.4 Å². The van der Waals surface area contributed by atoms with Crippen LogP contribution in [-0.4, -0.2) is 11.6 Å². The van der Waals surface area contributed by atoms with Gasteiger partial charge in [0.05, 0.1) is 8.96 Å². The maximum absolute atomic E-state index is 12.0. The van der Waals surface area contributed by atoms with Gasteiger partial charge < -0.3 is 0 Å². The maximum atomic E-state index is 12.0. The molecule has 0 radical (unpaired) electrons. The normalized spacial score (nSPS) is 33.2. The molecule has 4 heteroatoms. The standard InChI is InChI=1S/C11H6Br2O2/c12-8-9(13)11(15)7-5-2-1-4(3-5)6(7)10(8)14/h1-2,4-5H,3H2. The first kappa shape index (κ1) is 9.73. The smallest absolute Gasteiger partial charge is 0.198 e. The third kappa shape index (κ3) is 1.09. The van der Waals surface area contributed by atoms with Crippen LogP contribution in [0.1, 0.15) is 6.42 Å². The molecule has 0 spiro atoms. The van der Waals surface area contributed by atoms with Gasteiger partial charge in [-0.05, 0) is 38.3 Å². The molecule has 3 aliphatic rings. The monoisotopic (exact) mass is 328 g/mol. The summed E-state index contributed by atoms with van der Waals surface area (Å²) in [4.78, 5) is 23.9. The van der Waals surface area contributed by atoms with Gasteiger partial charge in [0.1, 0.15) is 0 Å². The Bertz CT molecular complexity index is 455. The predicted octanol–water partition coefficient (Wildman–Crippen LogP) is 2.64. The molecule has 0 saturated carbocycles. The van der Waals surface area contributed by atoms with E-state index < -0.39 is 0 Å². The van der Waals surface area contributed by atoms with E-state index in [1.165, 1.54) is 0 Å². The van der Waals surface area contributed by atoms with Crippen molar-refractivity contribution < 1.29 is 9.59 Å². The van der Waals surface area contributed by atoms with E-state index >= 15 is 0 Å². The zero-order chi connectivity index (χ0) is 10.7. The van der Waals surface area contributed by atoms with Crippen molar-refractivity contribution in [2.24, 2.45) is 11.8 Å². The molecule has 76 valence electrons. The molecular weight excluding hydrogens is 324 g/mol. The van der Waals surface area contributed by atoms with E-state index in [4.69, 9.17) is 0 Å². The Hall–Kier alpha value is -0.480. The van der Waals surface area contributed by atoms with E-state index in [0.717, 1.165) is 6.42 Å². The Morgan fingerprint density at radius 2 is 1.33 bits per heavy atom. The Labute approximate surface area is 103 Å². The van der Waals surface area contributed by atoms with Crippen LogP contribution in [0.15, 0.2) is 32.3 Å². The second kappa shape index (κ2) is 3.01. The number of allylic oxidation sites excluding steroid dienone is 6. The lowest BCUT2D eigenvalue weighted by Crippen LogP contribution is -2.22. The molecular formula is C11H6Br2O2. The molecule has 15 heavy (non-hydrogen) atoms. The SMILES string of the molecule is O=C1C(Br)=C(Br)C(=O)C2=C1C1C=CC2C1. The first-order valence-corrected chi connectivity index (χ1v) is 6.27. The molecule has 0 aliphatic heterocycles. The van der Waals surface area contributed by atoms with Crippen molar-refractivity contribution in [2.75, 3.05) is 0 Å². The van der Waals surface area contributed by atoms with E-state index in [-0.39, 0.29) is 23.4 Å². The summed E-state index contributed by atoms with van der Waals surface area (Å²) in [5, 5.41) is 0. The summed E-state index contributed by atoms with van der Waals surface area (Å²) in [5.41, 5.74) is 1.42. The highest BCUT2D eigenvalue weighted by molar-refractivity contribution is 9.14. The molecule has 3 aliphatic carbocycles. The second-order valence-corrected chi connectivity index (χ2v) is 5.53. The van der Waals surface area contributed by atoms with E-state index in [2.05, 4.69) is 31.9 Å². The van der Waals surface area contributed by atoms with Crippen LogP contribution in [0.3, 0.4) is 0 Å². The molecule has 2 atom stereocenters. The van der Waals surface area contributed by atoms with Crippen molar-refractivity contribution in [3.8, 4) is 0 Å². The summed E-state index contributed by atoms with van der Waals surface area (Å²) in [6, 6.07) is 0. The van der Waals surface area contributed by atoms with E-state index in [1.54, 1.807) is 0 Å². The van der Waals surface area contributed by atoms with E-state index in [0.29, 0.717) is 20.1 Å². The minimum atomic E-state index is -0.0340. The fourth-order valence-electron chi connectivity index (χ4n) is 2.54. The lowest BCUT2D eigenvalue weighted by molar-refractivity contribution is -0.115. The van der Waals surface area contributed by atoms with Crippen LogP contribution in [0.25, 0.3) is 0 Å². The Morgan fingerprint density at radius 3 is 1.73 bits per heavy atom. The number of ketones is 2. The summed E-state index contributed by atoms with van der Waals surface area (Å²) < 4.78 is 0.736. The molecule has 2 bridgehead atoms. The van der Waals surface area contributed by atoms with Crippen LogP contribution in [0.2, 0.25) is 0 Å². The summed E-state index contributed by atoms with van der Waals surface area (Å²) >= 11 is 6.34. The fraction of sp³-hybridized carbons (Fsp3) is 0.273. The van der Waals surface area contributed by atoms with Gasteiger partial charge in [-0.3, -0.25) is 9.59 Å². The van der Waals surface area contributed by atoms with Gasteiger partial charge in [-0.1, -0.05) is 12.2 Å². The van der Waals surface area contributed by atoms with Crippen molar-refractivity contribution in [2.45, 2.75) is 6.42 Å². The van der Waals surface area contributed by atoms with Crippen LogP contribution in [0.5, 0.6) is 0 Å². The highest BCUT2D eigenvalue weighted by Gasteiger charge is 2.45. The molecule has 0 amide bonds. The molecule has 0 aromatic heterocycles. The summed E-state index contributed by atoms with van der Waals surface area (Å²) in [5.74, 6) is 0.255. The number of carbonyl (C=O) groups is 2. The van der Waals surface area contributed by atoms with Crippen molar-refractivity contribution in [1.82, 2.24) is 0 Å². The van der Waals surface area contributed by atoms with Crippen LogP contribution < -0.4 is 0 Å². The highest BCUT2D eigenvalue weighted by Crippen LogP contribution is 2.49. The zero-order valence-corrected chi connectivity index (χ0v) is 10.8. The van der Waals surface area contributed by atoms with Gasteiger partial charge in [-0.2, -0.15) is 0 Å². The summed E-state index contributed by atoms with van der Waals surface area (Å²) in [6.45, 7) is 0. The Kier molecular flexibility index (Phi) is 1.95. The summed E-state index contributed by atoms with van der Waals surface area (Å²) in [7, 11) is 0. The largest absolute Gasteiger partial charge is 0.288 e. The number of Topliss-reactive ketones (excluding diaryl/α,β-unsaturated/α-hetero) is 2. The van der Waals surface area contributed by atoms with Crippen LogP contribution in [-0.2, 0) is 9.59 Å². The minimum Gasteiger partial charge on any atom is -0.288 e. The van der Waals surface area contributed by atoms with Gasteiger partial charge in [0.15, 0.2) is 11.6 Å². The van der Waals surface area contributed by atoms with Gasteiger partial charge in [0.2, 0.25) is 0 Å². The second-order valence-electron chi connectivity index (χ2n) is 3.95. The summed E-state index contributed by atoms with van der Waals surface area (Å²) in [6.07, 6.45) is 4.96. The van der Waals surface area contributed by atoms with Crippen LogP contribution >= 0.6 is 31.9 Å². The first-order chi connectivity index (χ1) is 7.11. The van der Waals surface area contributed by atoms with E-state index in [9.17, 15) is 9.59 Å². The molecule has 0 N–H and O–H groups in total. The third-order valence-electron chi connectivity index (χ3n) is 3.20. The van der Waals surface area contributed by atoms with E-state index in [1.807, 2.05) is 12.2 Å². The molecule has 2 nitrogen and oxygen atoms in total. The number of halogens is 2. The van der Waals surface area contributed by atoms with Gasteiger partial charge in [-0.25, -0.2) is 0 Å². The Morgan fingerprint density at radius 1 is 0.933 bits per heavy atom. The molecule has 2 unspecified atom stereocenters. The quantitative estimate of drug-likeness (QED) is 0.506. The molecule has 0 heterocycles. The van der Waals surface area contributed by atoms with Gasteiger partial charge >= 0.3 is 0 Å². The zero-order valence-electron chi connectivity index (χ0n) is 7.59. The Balaban J connectivity index is 2.20. The fourth-order valence-corrected chi connectivity index (χ4v) is 3.33. The number of carbonyl (C=O) groups excluding carboxylic acids is 2. The molecule has 0 aromatic carbocycles. The van der Waals surface area contributed by atoms with Crippen molar-refractivity contribution in [3.05, 3.63) is 32.3 Å². The lowest BCUT2D eigenvalue weighted by atomic mass is 9.87. The van der Waals surface area contributed by atoms with Crippen LogP contribution in [0.4, 0.5) is 0 Å². The lowest BCUT2D eigenvalue weighted by Gasteiger charge is -2.19. The molecule has 3 rings (SSSR count). The predicted molar refractivity (Wildman–Crippen MR) is 62.7 cm³/mol. The third-order valence-corrected chi connectivity index (χ3v) is 5.24. The number of fused-ring (bicyclic) bond motifs is 4. The topological polar surface area (TPSA) is 34.1 Å². The minimum absolute atomic E-state index is 0.0340. The van der Waals surface area contributed by atoms with Crippen LogP contribution in [0, 0.1) is 11.8 Å². The van der Waals surface area contributed by atoms with Gasteiger partial charge in [0.25, 0.3) is 0 Å². The van der Waals surface area contributed by atoms with Gasteiger partial charge in [0, 0.05) is 23.0 Å².